The molecule has 2 aromatic heterocycles. The summed E-state index contributed by atoms with van der Waals surface area (Å²) in [5.74, 6) is 2.24. The summed E-state index contributed by atoms with van der Waals surface area (Å²) in [6, 6.07) is 7.71. The number of carbonyl (C=O) groups is 1. The number of nitrogens with one attached hydrogen (secondary N) is 1. The lowest BCUT2D eigenvalue weighted by Gasteiger charge is -2.08. The second-order valence-corrected chi connectivity index (χ2v) is 7.70. The van der Waals surface area contributed by atoms with Gasteiger partial charge in [-0.05, 0) is 35.9 Å². The van der Waals surface area contributed by atoms with Crippen LogP contribution < -0.4 is 0 Å². The van der Waals surface area contributed by atoms with Gasteiger partial charge in [-0.2, -0.15) is 11.8 Å². The van der Waals surface area contributed by atoms with Crippen molar-refractivity contribution < 1.29 is 4.79 Å². The zero-order valence-electron chi connectivity index (χ0n) is 11.1. The van der Waals surface area contributed by atoms with E-state index in [0.717, 1.165) is 33.7 Å². The Balaban J connectivity index is 1.81. The molecule has 1 aliphatic rings. The summed E-state index contributed by atoms with van der Waals surface area (Å²) in [6.45, 7) is 0. The number of hydrogen-bond donors (Lipinski definition) is 1. The SMILES string of the molecule is O=C(c1cc2c(s1)CCSC2)c1c[nH]c2cccc(Cl)c12. The molecule has 1 aliphatic heterocycles. The monoisotopic (exact) mass is 333 g/mol. The van der Waals surface area contributed by atoms with Crippen molar-refractivity contribution in [1.29, 1.82) is 0 Å². The quantitative estimate of drug-likeness (QED) is 0.676. The van der Waals surface area contributed by atoms with Crippen LogP contribution in [0.3, 0.4) is 0 Å². The number of H-pyrrole nitrogens is 1. The summed E-state index contributed by atoms with van der Waals surface area (Å²) in [6.07, 6.45) is 2.85. The van der Waals surface area contributed by atoms with Gasteiger partial charge < -0.3 is 4.98 Å². The lowest BCUT2D eigenvalue weighted by molar-refractivity contribution is 0.104. The van der Waals surface area contributed by atoms with E-state index in [-0.39, 0.29) is 5.78 Å². The van der Waals surface area contributed by atoms with E-state index >= 15 is 0 Å². The number of aromatic nitrogens is 1. The third kappa shape index (κ3) is 2.22. The van der Waals surface area contributed by atoms with Crippen LogP contribution in [0.25, 0.3) is 10.9 Å². The molecule has 1 aromatic carbocycles. The molecule has 4 rings (SSSR count). The fraction of sp³-hybridized carbons (Fsp3) is 0.188. The van der Waals surface area contributed by atoms with Crippen LogP contribution in [0.15, 0.2) is 30.5 Å². The first-order chi connectivity index (χ1) is 10.2. The number of rotatable bonds is 2. The molecule has 0 radical (unpaired) electrons. The number of fused-ring (bicyclic) bond motifs is 2. The Bertz CT molecular complexity index is 826. The van der Waals surface area contributed by atoms with E-state index in [1.54, 1.807) is 17.5 Å². The van der Waals surface area contributed by atoms with Gasteiger partial charge in [0.25, 0.3) is 0 Å². The molecule has 0 aliphatic carbocycles. The number of benzene rings is 1. The highest BCUT2D eigenvalue weighted by Crippen LogP contribution is 2.34. The van der Waals surface area contributed by atoms with Crippen molar-refractivity contribution in [1.82, 2.24) is 4.98 Å². The van der Waals surface area contributed by atoms with E-state index in [9.17, 15) is 4.79 Å². The van der Waals surface area contributed by atoms with Crippen molar-refractivity contribution in [2.75, 3.05) is 5.75 Å². The predicted octanol–water partition coefficient (Wildman–Crippen LogP) is 4.90. The van der Waals surface area contributed by atoms with E-state index in [4.69, 9.17) is 11.6 Å². The molecule has 0 saturated carbocycles. The molecule has 3 heterocycles. The molecular formula is C16H12ClNOS2. The smallest absolute Gasteiger partial charge is 0.205 e. The normalized spacial score (nSPS) is 14.3. The van der Waals surface area contributed by atoms with Crippen LogP contribution in [-0.4, -0.2) is 16.5 Å². The standard InChI is InChI=1S/C16H12ClNOS2/c17-11-2-1-3-12-15(11)10(7-18-12)16(19)14-6-9-8-20-5-4-13(9)21-14/h1-3,6-7,18H,4-5,8H2. The third-order valence-electron chi connectivity index (χ3n) is 3.75. The van der Waals surface area contributed by atoms with Gasteiger partial charge in [-0.15, -0.1) is 11.3 Å². The Hall–Kier alpha value is -1.23. The van der Waals surface area contributed by atoms with Crippen LogP contribution in [-0.2, 0) is 12.2 Å². The van der Waals surface area contributed by atoms with Gasteiger partial charge in [-0.1, -0.05) is 17.7 Å². The van der Waals surface area contributed by atoms with Crippen molar-refractivity contribution in [3.05, 3.63) is 56.4 Å². The summed E-state index contributed by atoms with van der Waals surface area (Å²) in [5.41, 5.74) is 2.90. The molecule has 0 saturated heterocycles. The maximum atomic E-state index is 12.8. The zero-order chi connectivity index (χ0) is 14.4. The molecular weight excluding hydrogens is 322 g/mol. The van der Waals surface area contributed by atoms with Crippen LogP contribution >= 0.6 is 34.7 Å². The van der Waals surface area contributed by atoms with Gasteiger partial charge in [-0.25, -0.2) is 0 Å². The molecule has 0 bridgehead atoms. The molecule has 2 nitrogen and oxygen atoms in total. The number of halogens is 1. The first-order valence-electron chi connectivity index (χ1n) is 6.73. The van der Waals surface area contributed by atoms with Crippen LogP contribution in [0, 0.1) is 0 Å². The van der Waals surface area contributed by atoms with Gasteiger partial charge in [0.05, 0.1) is 15.5 Å². The van der Waals surface area contributed by atoms with Gasteiger partial charge in [0, 0.05) is 27.7 Å². The average Bonchev–Trinajstić information content (AvgIpc) is 3.11. The molecule has 106 valence electrons. The first-order valence-corrected chi connectivity index (χ1v) is 9.08. The Morgan fingerprint density at radius 1 is 1.33 bits per heavy atom. The van der Waals surface area contributed by atoms with E-state index in [2.05, 4.69) is 11.1 Å². The maximum absolute atomic E-state index is 12.8. The molecule has 0 atom stereocenters. The molecule has 0 amide bonds. The third-order valence-corrected chi connectivity index (χ3v) is 6.31. The maximum Gasteiger partial charge on any atom is 0.205 e. The summed E-state index contributed by atoms with van der Waals surface area (Å²) in [7, 11) is 0. The van der Waals surface area contributed by atoms with Gasteiger partial charge in [0.2, 0.25) is 5.78 Å². The zero-order valence-corrected chi connectivity index (χ0v) is 13.5. The van der Waals surface area contributed by atoms with Crippen LogP contribution in [0.4, 0.5) is 0 Å². The minimum atomic E-state index is 0.0683. The Morgan fingerprint density at radius 2 is 2.24 bits per heavy atom. The fourth-order valence-corrected chi connectivity index (χ4v) is 5.31. The molecule has 0 unspecified atom stereocenters. The van der Waals surface area contributed by atoms with Gasteiger partial charge in [0.1, 0.15) is 0 Å². The first kappa shape index (κ1) is 13.4. The van der Waals surface area contributed by atoms with E-state index in [1.165, 1.54) is 10.4 Å². The molecule has 5 heteroatoms. The summed E-state index contributed by atoms with van der Waals surface area (Å²) >= 11 is 9.83. The lowest BCUT2D eigenvalue weighted by Crippen LogP contribution is -1.97. The highest BCUT2D eigenvalue weighted by Gasteiger charge is 2.21. The second-order valence-electron chi connectivity index (χ2n) is 5.06. The number of thioether (sulfide) groups is 1. The minimum absolute atomic E-state index is 0.0683. The number of ketones is 1. The molecule has 21 heavy (non-hydrogen) atoms. The van der Waals surface area contributed by atoms with Crippen molar-refractivity contribution >= 4 is 51.4 Å². The van der Waals surface area contributed by atoms with Crippen LogP contribution in [0.5, 0.6) is 0 Å². The summed E-state index contributed by atoms with van der Waals surface area (Å²) in [5, 5.41) is 1.44. The van der Waals surface area contributed by atoms with Crippen molar-refractivity contribution in [2.45, 2.75) is 12.2 Å². The minimum Gasteiger partial charge on any atom is -0.360 e. The number of aromatic amines is 1. The lowest BCUT2D eigenvalue weighted by atomic mass is 10.1. The van der Waals surface area contributed by atoms with Crippen LogP contribution in [0.2, 0.25) is 5.02 Å². The largest absolute Gasteiger partial charge is 0.360 e. The highest BCUT2D eigenvalue weighted by atomic mass is 35.5. The van der Waals surface area contributed by atoms with E-state index in [1.807, 2.05) is 30.0 Å². The van der Waals surface area contributed by atoms with Crippen molar-refractivity contribution in [3.8, 4) is 0 Å². The topological polar surface area (TPSA) is 32.9 Å². The Morgan fingerprint density at radius 3 is 3.10 bits per heavy atom. The highest BCUT2D eigenvalue weighted by molar-refractivity contribution is 7.98. The predicted molar refractivity (Wildman–Crippen MR) is 90.9 cm³/mol. The Kier molecular flexibility index (Phi) is 3.32. The molecule has 1 N–H and O–H groups in total. The van der Waals surface area contributed by atoms with E-state index in [0.29, 0.717) is 10.6 Å². The van der Waals surface area contributed by atoms with Crippen molar-refractivity contribution in [2.24, 2.45) is 0 Å². The average molecular weight is 334 g/mol. The van der Waals surface area contributed by atoms with Crippen molar-refractivity contribution in [3.63, 3.8) is 0 Å². The molecule has 3 aromatic rings. The summed E-state index contributed by atoms with van der Waals surface area (Å²) < 4.78 is 0. The fourth-order valence-electron chi connectivity index (χ4n) is 2.71. The van der Waals surface area contributed by atoms with Gasteiger partial charge in [0.15, 0.2) is 0 Å². The number of aryl methyl sites for hydroxylation is 1. The number of hydrogen-bond acceptors (Lipinski definition) is 3. The summed E-state index contributed by atoms with van der Waals surface area (Å²) in [4.78, 5) is 18.1. The van der Waals surface area contributed by atoms with E-state index < -0.39 is 0 Å². The second kappa shape index (κ2) is 5.20. The number of thiophene rings is 1. The van der Waals surface area contributed by atoms with Gasteiger partial charge >= 0.3 is 0 Å². The molecule has 0 fully saturated rings. The van der Waals surface area contributed by atoms with Crippen LogP contribution in [0.1, 0.15) is 25.7 Å². The Labute approximate surface area is 135 Å². The molecule has 0 spiro atoms. The van der Waals surface area contributed by atoms with Gasteiger partial charge in [-0.3, -0.25) is 4.79 Å². The number of carbonyl (C=O) groups excluding carboxylic acids is 1.